The minimum Gasteiger partial charge on any atom is -0.479 e. The highest BCUT2D eigenvalue weighted by molar-refractivity contribution is 6.31. The molecule has 4 rings (SSSR count). The fourth-order valence-electron chi connectivity index (χ4n) is 5.10. The van der Waals surface area contributed by atoms with E-state index in [1.807, 2.05) is 6.92 Å². The van der Waals surface area contributed by atoms with Gasteiger partial charge in [0.2, 0.25) is 11.8 Å². The summed E-state index contributed by atoms with van der Waals surface area (Å²) in [7, 11) is 0. The molecule has 3 aromatic rings. The lowest BCUT2D eigenvalue weighted by molar-refractivity contribution is -0.149. The Morgan fingerprint density at radius 2 is 1.87 bits per heavy atom. The van der Waals surface area contributed by atoms with Gasteiger partial charge < -0.3 is 20.7 Å². The molecule has 0 fully saturated rings. The first-order chi connectivity index (χ1) is 18.4. The van der Waals surface area contributed by atoms with Gasteiger partial charge in [0.05, 0.1) is 17.5 Å². The molecule has 1 aliphatic rings. The minimum absolute atomic E-state index is 0.0317. The number of hydrogen-bond acceptors (Lipinski definition) is 3. The van der Waals surface area contributed by atoms with E-state index in [4.69, 9.17) is 11.6 Å². The number of amides is 2. The summed E-state index contributed by atoms with van der Waals surface area (Å²) >= 11 is 6.16. The lowest BCUT2D eigenvalue weighted by Crippen LogP contribution is -2.62. The van der Waals surface area contributed by atoms with Crippen LogP contribution in [0.15, 0.2) is 42.5 Å². The monoisotopic (exact) mass is 563 g/mol. The SMILES string of the molecule is CCC(C)C(NC(=O)Cc1ccccc1Cl)C(=O)NC1(C(=O)O)CCc2[nH]c3c(C(F)(F)F)cccc3c2C1. The zero-order chi connectivity index (χ0) is 28.5. The number of aromatic amines is 1. The van der Waals surface area contributed by atoms with Gasteiger partial charge >= 0.3 is 12.1 Å². The maximum Gasteiger partial charge on any atom is 0.418 e. The Kier molecular flexibility index (Phi) is 7.97. The molecular formula is C28H29ClF3N3O4. The number of H-pyrrole nitrogens is 1. The second kappa shape index (κ2) is 10.9. The number of carboxylic acids is 1. The molecule has 4 N–H and O–H groups in total. The van der Waals surface area contributed by atoms with Crippen LogP contribution >= 0.6 is 11.6 Å². The van der Waals surface area contributed by atoms with Crippen LogP contribution in [0.4, 0.5) is 13.2 Å². The average molecular weight is 564 g/mol. The summed E-state index contributed by atoms with van der Waals surface area (Å²) in [6.45, 7) is 3.61. The number of benzene rings is 2. The molecule has 11 heteroatoms. The highest BCUT2D eigenvalue weighted by atomic mass is 35.5. The third-order valence-electron chi connectivity index (χ3n) is 7.51. The number of aromatic nitrogens is 1. The van der Waals surface area contributed by atoms with E-state index in [9.17, 15) is 32.7 Å². The lowest BCUT2D eigenvalue weighted by Gasteiger charge is -2.36. The van der Waals surface area contributed by atoms with Crippen LogP contribution < -0.4 is 10.6 Å². The number of fused-ring (bicyclic) bond motifs is 3. The van der Waals surface area contributed by atoms with Gasteiger partial charge in [-0.05, 0) is 42.0 Å². The van der Waals surface area contributed by atoms with Crippen LogP contribution in [0.3, 0.4) is 0 Å². The fourth-order valence-corrected chi connectivity index (χ4v) is 5.31. The molecule has 2 amide bonds. The van der Waals surface area contributed by atoms with Crippen molar-refractivity contribution in [3.05, 3.63) is 69.9 Å². The van der Waals surface area contributed by atoms with Crippen LogP contribution in [0.25, 0.3) is 10.9 Å². The van der Waals surface area contributed by atoms with Gasteiger partial charge in [-0.1, -0.05) is 62.2 Å². The third-order valence-corrected chi connectivity index (χ3v) is 7.88. The number of para-hydroxylation sites is 1. The van der Waals surface area contributed by atoms with Gasteiger partial charge in [-0.2, -0.15) is 13.2 Å². The Hall–Kier alpha value is -3.53. The molecule has 1 aromatic heterocycles. The number of alkyl halides is 3. The molecule has 0 saturated carbocycles. The number of carbonyl (C=O) groups excluding carboxylic acids is 2. The van der Waals surface area contributed by atoms with E-state index in [-0.39, 0.29) is 42.5 Å². The van der Waals surface area contributed by atoms with Gasteiger partial charge in [0.15, 0.2) is 0 Å². The van der Waals surface area contributed by atoms with Gasteiger partial charge in [-0.15, -0.1) is 0 Å². The molecule has 2 aromatic carbocycles. The zero-order valence-corrected chi connectivity index (χ0v) is 22.2. The number of aryl methyl sites for hydroxylation is 1. The predicted octanol–water partition coefficient (Wildman–Crippen LogP) is 5.04. The molecule has 3 unspecified atom stereocenters. The Bertz CT molecular complexity index is 1420. The number of carboxylic acid groups (broad SMARTS) is 1. The zero-order valence-electron chi connectivity index (χ0n) is 21.4. The number of carbonyl (C=O) groups is 3. The lowest BCUT2D eigenvalue weighted by atomic mass is 9.79. The molecule has 0 saturated heterocycles. The van der Waals surface area contributed by atoms with E-state index >= 15 is 0 Å². The minimum atomic E-state index is -4.59. The van der Waals surface area contributed by atoms with E-state index in [1.54, 1.807) is 31.2 Å². The summed E-state index contributed by atoms with van der Waals surface area (Å²) in [5.41, 5.74) is -1.18. The van der Waals surface area contributed by atoms with Gasteiger partial charge in [0.25, 0.3) is 0 Å². The fraction of sp³-hybridized carbons (Fsp3) is 0.393. The third kappa shape index (κ3) is 5.75. The summed E-state index contributed by atoms with van der Waals surface area (Å²) in [6.07, 6.45) is -4.24. The van der Waals surface area contributed by atoms with Crippen molar-refractivity contribution in [2.24, 2.45) is 5.92 Å². The van der Waals surface area contributed by atoms with Crippen molar-refractivity contribution < 1.29 is 32.7 Å². The molecule has 7 nitrogen and oxygen atoms in total. The van der Waals surface area contributed by atoms with Crippen molar-refractivity contribution in [2.45, 2.75) is 63.7 Å². The van der Waals surface area contributed by atoms with E-state index in [1.165, 1.54) is 12.1 Å². The maximum absolute atomic E-state index is 13.6. The van der Waals surface area contributed by atoms with Crippen molar-refractivity contribution in [1.29, 1.82) is 0 Å². The van der Waals surface area contributed by atoms with Crippen molar-refractivity contribution in [1.82, 2.24) is 15.6 Å². The molecule has 208 valence electrons. The van der Waals surface area contributed by atoms with Crippen molar-refractivity contribution in [2.75, 3.05) is 0 Å². The number of rotatable bonds is 8. The summed E-state index contributed by atoms with van der Waals surface area (Å²) in [6, 6.07) is 9.56. The number of halogens is 4. The van der Waals surface area contributed by atoms with Gasteiger partial charge in [0.1, 0.15) is 11.6 Å². The second-order valence-corrected chi connectivity index (χ2v) is 10.5. The quantitative estimate of drug-likeness (QED) is 0.308. The van der Waals surface area contributed by atoms with Crippen LogP contribution in [0.1, 0.15) is 49.1 Å². The van der Waals surface area contributed by atoms with Crippen molar-refractivity contribution in [3.8, 4) is 0 Å². The van der Waals surface area contributed by atoms with Gasteiger partial charge in [-0.3, -0.25) is 9.59 Å². The smallest absolute Gasteiger partial charge is 0.418 e. The number of nitrogens with one attached hydrogen (secondary N) is 3. The Labute approximate surface area is 228 Å². The van der Waals surface area contributed by atoms with E-state index in [2.05, 4.69) is 15.6 Å². The largest absolute Gasteiger partial charge is 0.479 e. The van der Waals surface area contributed by atoms with Crippen LogP contribution in [0, 0.1) is 5.92 Å². The van der Waals surface area contributed by atoms with Crippen LogP contribution in [-0.4, -0.2) is 39.5 Å². The molecule has 0 bridgehead atoms. The second-order valence-electron chi connectivity index (χ2n) is 10.1. The standard InChI is InChI=1S/C28H29ClF3N3O4/c1-3-15(2)23(34-22(36)13-16-7-4-5-10-20(16)29)25(37)35-27(26(38)39)12-11-21-18(14-27)17-8-6-9-19(24(17)33-21)28(30,31)32/h4-10,15,23,33H,3,11-14H2,1-2H3,(H,34,36)(H,35,37)(H,38,39). The van der Waals surface area contributed by atoms with Gasteiger partial charge in [-0.25, -0.2) is 4.79 Å². The first kappa shape index (κ1) is 28.5. The highest BCUT2D eigenvalue weighted by Gasteiger charge is 2.46. The van der Waals surface area contributed by atoms with E-state index < -0.39 is 41.1 Å². The molecule has 39 heavy (non-hydrogen) atoms. The first-order valence-corrected chi connectivity index (χ1v) is 13.0. The van der Waals surface area contributed by atoms with E-state index in [0.717, 1.165) is 6.07 Å². The normalized spacial score (nSPS) is 18.7. The molecule has 1 heterocycles. The summed E-state index contributed by atoms with van der Waals surface area (Å²) < 4.78 is 40.8. The predicted molar refractivity (Wildman–Crippen MR) is 140 cm³/mol. The molecular weight excluding hydrogens is 535 g/mol. The highest BCUT2D eigenvalue weighted by Crippen LogP contribution is 2.40. The topological polar surface area (TPSA) is 111 Å². The summed E-state index contributed by atoms with van der Waals surface area (Å²) in [5, 5.41) is 16.3. The summed E-state index contributed by atoms with van der Waals surface area (Å²) in [4.78, 5) is 41.7. The first-order valence-electron chi connectivity index (χ1n) is 12.6. The Morgan fingerprint density at radius 3 is 2.51 bits per heavy atom. The maximum atomic E-state index is 13.6. The summed E-state index contributed by atoms with van der Waals surface area (Å²) in [5.74, 6) is -2.74. The Balaban J connectivity index is 1.60. The van der Waals surface area contributed by atoms with Crippen molar-refractivity contribution >= 4 is 40.3 Å². The number of hydrogen-bond donors (Lipinski definition) is 4. The average Bonchev–Trinajstić information content (AvgIpc) is 3.25. The van der Waals surface area contributed by atoms with Crippen molar-refractivity contribution in [3.63, 3.8) is 0 Å². The van der Waals surface area contributed by atoms with Gasteiger partial charge in [0, 0.05) is 22.5 Å². The molecule has 0 aliphatic heterocycles. The van der Waals surface area contributed by atoms with Crippen LogP contribution in [0.5, 0.6) is 0 Å². The molecule has 1 aliphatic carbocycles. The van der Waals surface area contributed by atoms with E-state index in [0.29, 0.717) is 28.3 Å². The molecule has 3 atom stereocenters. The molecule has 0 spiro atoms. The number of aliphatic carboxylic acids is 1. The Morgan fingerprint density at radius 1 is 1.15 bits per heavy atom. The molecule has 0 radical (unpaired) electrons. The van der Waals surface area contributed by atoms with Crippen LogP contribution in [0.2, 0.25) is 5.02 Å². The van der Waals surface area contributed by atoms with Crippen LogP contribution in [-0.2, 0) is 39.8 Å².